The number of benzene rings is 1. The van der Waals surface area contributed by atoms with Gasteiger partial charge in [0, 0.05) is 10.9 Å². The summed E-state index contributed by atoms with van der Waals surface area (Å²) in [7, 11) is 0. The number of thioether (sulfide) groups is 1. The second-order valence-electron chi connectivity index (χ2n) is 5.24. The van der Waals surface area contributed by atoms with Gasteiger partial charge in [-0.25, -0.2) is 0 Å². The van der Waals surface area contributed by atoms with Gasteiger partial charge in [0.2, 0.25) is 5.91 Å². The molecule has 1 N–H and O–H groups in total. The van der Waals surface area contributed by atoms with Gasteiger partial charge < -0.3 is 5.32 Å². The molecule has 0 aromatic heterocycles. The molecule has 1 aliphatic carbocycles. The number of hydrogen-bond acceptors (Lipinski definition) is 2. The van der Waals surface area contributed by atoms with Crippen LogP contribution < -0.4 is 5.32 Å². The fourth-order valence-corrected chi connectivity index (χ4v) is 3.43. The van der Waals surface area contributed by atoms with Gasteiger partial charge in [0.15, 0.2) is 0 Å². The third-order valence-electron chi connectivity index (χ3n) is 3.58. The van der Waals surface area contributed by atoms with Crippen molar-refractivity contribution in [1.82, 2.24) is 5.32 Å². The van der Waals surface area contributed by atoms with Crippen molar-refractivity contribution in [1.29, 1.82) is 0 Å². The van der Waals surface area contributed by atoms with Crippen LogP contribution in [0.2, 0.25) is 5.02 Å². The van der Waals surface area contributed by atoms with E-state index in [1.54, 1.807) is 0 Å². The summed E-state index contributed by atoms with van der Waals surface area (Å²) in [6.07, 6.45) is 4.68. The average Bonchev–Trinajstić information content (AvgIpc) is 2.40. The van der Waals surface area contributed by atoms with Gasteiger partial charge in [0.05, 0.1) is 10.8 Å². The molecule has 1 aromatic rings. The van der Waals surface area contributed by atoms with Gasteiger partial charge >= 0.3 is 0 Å². The first-order chi connectivity index (χ1) is 9.15. The minimum absolute atomic E-state index is 0.115. The fourth-order valence-electron chi connectivity index (χ4n) is 2.38. The highest BCUT2D eigenvalue weighted by molar-refractivity contribution is 8.00. The Balaban J connectivity index is 1.74. The topological polar surface area (TPSA) is 29.1 Å². The number of amides is 1. The third-order valence-corrected chi connectivity index (χ3v) is 5.09. The zero-order chi connectivity index (χ0) is 13.7. The van der Waals surface area contributed by atoms with Gasteiger partial charge in [-0.05, 0) is 43.7 Å². The second kappa shape index (κ2) is 7.20. The molecule has 1 aromatic carbocycles. The van der Waals surface area contributed by atoms with E-state index in [1.807, 2.05) is 24.3 Å². The fraction of sp³-hybridized carbons (Fsp3) is 0.533. The molecule has 1 saturated carbocycles. The Morgan fingerprint density at radius 3 is 2.68 bits per heavy atom. The van der Waals surface area contributed by atoms with Gasteiger partial charge in [-0.15, -0.1) is 11.8 Å². The van der Waals surface area contributed by atoms with E-state index in [0.29, 0.717) is 16.8 Å². The van der Waals surface area contributed by atoms with E-state index < -0.39 is 0 Å². The Labute approximate surface area is 124 Å². The average molecular weight is 298 g/mol. The van der Waals surface area contributed by atoms with Crippen LogP contribution >= 0.6 is 23.4 Å². The first kappa shape index (κ1) is 14.7. The number of carbonyl (C=O) groups excluding carboxylic acids is 1. The summed E-state index contributed by atoms with van der Waals surface area (Å²) in [5.41, 5.74) is 0. The van der Waals surface area contributed by atoms with E-state index in [4.69, 9.17) is 11.6 Å². The van der Waals surface area contributed by atoms with Crippen LogP contribution in [0.3, 0.4) is 0 Å². The number of nitrogens with one attached hydrogen (secondary N) is 1. The molecule has 1 aliphatic rings. The van der Waals surface area contributed by atoms with E-state index in [1.165, 1.54) is 24.6 Å². The summed E-state index contributed by atoms with van der Waals surface area (Å²) in [6.45, 7) is 2.28. The predicted octanol–water partition coefficient (Wildman–Crippen LogP) is 4.13. The van der Waals surface area contributed by atoms with E-state index in [9.17, 15) is 4.79 Å². The lowest BCUT2D eigenvalue weighted by atomic mass is 9.87. The van der Waals surface area contributed by atoms with E-state index in [-0.39, 0.29) is 5.91 Å². The Hall–Kier alpha value is -0.670. The lowest BCUT2D eigenvalue weighted by Crippen LogP contribution is -2.38. The summed E-state index contributed by atoms with van der Waals surface area (Å²) in [5, 5.41) is 3.84. The minimum Gasteiger partial charge on any atom is -0.353 e. The normalized spacial score (nSPS) is 23.1. The van der Waals surface area contributed by atoms with Crippen LogP contribution in [-0.4, -0.2) is 17.7 Å². The molecule has 0 atom stereocenters. The summed E-state index contributed by atoms with van der Waals surface area (Å²) in [6, 6.07) is 8.01. The first-order valence-electron chi connectivity index (χ1n) is 6.82. The maximum Gasteiger partial charge on any atom is 0.230 e. The highest BCUT2D eigenvalue weighted by Gasteiger charge is 2.19. The molecule has 19 heavy (non-hydrogen) atoms. The first-order valence-corrected chi connectivity index (χ1v) is 8.18. The van der Waals surface area contributed by atoms with Crippen molar-refractivity contribution in [2.24, 2.45) is 5.92 Å². The molecule has 0 saturated heterocycles. The molecular weight excluding hydrogens is 278 g/mol. The Morgan fingerprint density at radius 2 is 2.00 bits per heavy atom. The molecule has 104 valence electrons. The van der Waals surface area contributed by atoms with Crippen LogP contribution in [-0.2, 0) is 4.79 Å². The van der Waals surface area contributed by atoms with Crippen molar-refractivity contribution in [3.63, 3.8) is 0 Å². The van der Waals surface area contributed by atoms with Crippen molar-refractivity contribution in [2.75, 3.05) is 5.75 Å². The molecule has 0 spiro atoms. The van der Waals surface area contributed by atoms with Gasteiger partial charge in [0.1, 0.15) is 0 Å². The van der Waals surface area contributed by atoms with Crippen molar-refractivity contribution >= 4 is 29.3 Å². The lowest BCUT2D eigenvalue weighted by molar-refractivity contribution is -0.119. The zero-order valence-electron chi connectivity index (χ0n) is 11.2. The molecular formula is C15H20ClNOS. The molecule has 0 bridgehead atoms. The third kappa shape index (κ3) is 4.73. The summed E-state index contributed by atoms with van der Waals surface area (Å²) in [5.74, 6) is 1.37. The van der Waals surface area contributed by atoms with Crippen molar-refractivity contribution in [2.45, 2.75) is 43.5 Å². The smallest absolute Gasteiger partial charge is 0.230 e. The van der Waals surface area contributed by atoms with E-state index >= 15 is 0 Å². The SMILES string of the molecule is CC1CCC(NC(=O)CSc2ccccc2Cl)CC1. The molecule has 2 rings (SSSR count). The van der Waals surface area contributed by atoms with Gasteiger partial charge in [-0.3, -0.25) is 4.79 Å². The maximum absolute atomic E-state index is 11.9. The van der Waals surface area contributed by atoms with Crippen molar-refractivity contribution in [3.8, 4) is 0 Å². The number of hydrogen-bond donors (Lipinski definition) is 1. The molecule has 1 amide bonds. The highest BCUT2D eigenvalue weighted by Crippen LogP contribution is 2.27. The summed E-state index contributed by atoms with van der Waals surface area (Å²) < 4.78 is 0. The number of halogens is 1. The van der Waals surface area contributed by atoms with Crippen LogP contribution in [0.1, 0.15) is 32.6 Å². The maximum atomic E-state index is 11.9. The quantitative estimate of drug-likeness (QED) is 0.847. The van der Waals surface area contributed by atoms with Gasteiger partial charge in [-0.2, -0.15) is 0 Å². The van der Waals surface area contributed by atoms with Crippen LogP contribution in [0.5, 0.6) is 0 Å². The minimum atomic E-state index is 0.115. The highest BCUT2D eigenvalue weighted by atomic mass is 35.5. The van der Waals surface area contributed by atoms with Crippen LogP contribution in [0.15, 0.2) is 29.2 Å². The molecule has 0 radical (unpaired) electrons. The van der Waals surface area contributed by atoms with Gasteiger partial charge in [0.25, 0.3) is 0 Å². The van der Waals surface area contributed by atoms with Gasteiger partial charge in [-0.1, -0.05) is 30.7 Å². The number of carbonyl (C=O) groups is 1. The van der Waals surface area contributed by atoms with E-state index in [0.717, 1.165) is 23.7 Å². The molecule has 0 heterocycles. The Morgan fingerprint density at radius 1 is 1.32 bits per heavy atom. The van der Waals surface area contributed by atoms with Crippen molar-refractivity contribution < 1.29 is 4.79 Å². The van der Waals surface area contributed by atoms with Crippen LogP contribution in [0.25, 0.3) is 0 Å². The number of rotatable bonds is 4. The van der Waals surface area contributed by atoms with E-state index in [2.05, 4.69) is 12.2 Å². The monoisotopic (exact) mass is 297 g/mol. The predicted molar refractivity (Wildman–Crippen MR) is 81.7 cm³/mol. The zero-order valence-corrected chi connectivity index (χ0v) is 12.8. The molecule has 1 fully saturated rings. The summed E-state index contributed by atoms with van der Waals surface area (Å²) in [4.78, 5) is 12.9. The molecule has 0 aliphatic heterocycles. The largest absolute Gasteiger partial charge is 0.353 e. The molecule has 0 unspecified atom stereocenters. The second-order valence-corrected chi connectivity index (χ2v) is 6.67. The molecule has 2 nitrogen and oxygen atoms in total. The Kier molecular flexibility index (Phi) is 5.59. The Bertz CT molecular complexity index is 430. The van der Waals surface area contributed by atoms with Crippen LogP contribution in [0.4, 0.5) is 0 Å². The standard InChI is InChI=1S/C15H20ClNOS/c1-11-6-8-12(9-7-11)17-15(18)10-19-14-5-3-2-4-13(14)16/h2-5,11-12H,6-10H2,1H3,(H,17,18). The van der Waals surface area contributed by atoms with Crippen molar-refractivity contribution in [3.05, 3.63) is 29.3 Å². The lowest BCUT2D eigenvalue weighted by Gasteiger charge is -2.26. The van der Waals surface area contributed by atoms with Crippen LogP contribution in [0, 0.1) is 5.92 Å². The molecule has 4 heteroatoms. The summed E-state index contributed by atoms with van der Waals surface area (Å²) >= 11 is 7.56.